The SMILES string of the molecule is Cc1ccc(S(=O)(=O)N2CCCCC2C)cc1-c1nc(C2(N)CCC2)no1. The molecule has 0 bridgehead atoms. The highest BCUT2D eigenvalue weighted by atomic mass is 32.2. The quantitative estimate of drug-likeness (QED) is 0.861. The maximum absolute atomic E-state index is 13.2. The van der Waals surface area contributed by atoms with Gasteiger partial charge in [0.05, 0.1) is 10.4 Å². The third kappa shape index (κ3) is 3.19. The lowest BCUT2D eigenvalue weighted by molar-refractivity contribution is 0.229. The van der Waals surface area contributed by atoms with Crippen molar-refractivity contribution in [2.75, 3.05) is 6.54 Å². The summed E-state index contributed by atoms with van der Waals surface area (Å²) in [6, 6.07) is 5.11. The fraction of sp³-hybridized carbons (Fsp3) is 0.579. The molecule has 1 aliphatic carbocycles. The molecule has 27 heavy (non-hydrogen) atoms. The van der Waals surface area contributed by atoms with Crippen LogP contribution in [0.4, 0.5) is 0 Å². The molecule has 1 saturated heterocycles. The molecule has 2 aliphatic rings. The van der Waals surface area contributed by atoms with E-state index in [1.807, 2.05) is 13.8 Å². The van der Waals surface area contributed by atoms with E-state index in [0.29, 0.717) is 23.8 Å². The molecule has 146 valence electrons. The van der Waals surface area contributed by atoms with Crippen molar-refractivity contribution in [2.24, 2.45) is 5.73 Å². The zero-order valence-corrected chi connectivity index (χ0v) is 16.6. The van der Waals surface area contributed by atoms with Gasteiger partial charge in [0.1, 0.15) is 0 Å². The standard InChI is InChI=1S/C19H26N4O3S/c1-13-7-8-15(27(24,25)23-11-4-3-6-14(23)2)12-16(13)17-21-18(22-26-17)19(20)9-5-10-19/h7-8,12,14H,3-6,9-11,20H2,1-2H3. The van der Waals surface area contributed by atoms with Crippen molar-refractivity contribution < 1.29 is 12.9 Å². The number of hydrogen-bond acceptors (Lipinski definition) is 6. The zero-order chi connectivity index (χ0) is 19.2. The van der Waals surface area contributed by atoms with Gasteiger partial charge in [0.25, 0.3) is 5.89 Å². The van der Waals surface area contributed by atoms with E-state index in [9.17, 15) is 8.42 Å². The van der Waals surface area contributed by atoms with Gasteiger partial charge in [-0.2, -0.15) is 9.29 Å². The first-order valence-corrected chi connectivity index (χ1v) is 11.0. The second-order valence-corrected chi connectivity index (χ2v) is 9.76. The Bertz CT molecular complexity index is 950. The molecule has 1 saturated carbocycles. The summed E-state index contributed by atoms with van der Waals surface area (Å²) in [5, 5.41) is 4.05. The zero-order valence-electron chi connectivity index (χ0n) is 15.8. The maximum Gasteiger partial charge on any atom is 0.258 e. The first kappa shape index (κ1) is 18.6. The Labute approximate surface area is 160 Å². The van der Waals surface area contributed by atoms with Crippen LogP contribution in [0.25, 0.3) is 11.5 Å². The van der Waals surface area contributed by atoms with Gasteiger partial charge in [0.2, 0.25) is 10.0 Å². The predicted molar refractivity (Wildman–Crippen MR) is 101 cm³/mol. The van der Waals surface area contributed by atoms with Crippen molar-refractivity contribution >= 4 is 10.0 Å². The van der Waals surface area contributed by atoms with Crippen LogP contribution in [-0.2, 0) is 15.6 Å². The summed E-state index contributed by atoms with van der Waals surface area (Å²) >= 11 is 0. The summed E-state index contributed by atoms with van der Waals surface area (Å²) in [7, 11) is -3.55. The van der Waals surface area contributed by atoms with Gasteiger partial charge < -0.3 is 10.3 Å². The molecule has 4 rings (SSSR count). The molecule has 2 aromatic rings. The van der Waals surface area contributed by atoms with Gasteiger partial charge in [-0.3, -0.25) is 0 Å². The largest absolute Gasteiger partial charge is 0.334 e. The molecule has 7 nitrogen and oxygen atoms in total. The van der Waals surface area contributed by atoms with E-state index in [0.717, 1.165) is 44.1 Å². The van der Waals surface area contributed by atoms with Crippen molar-refractivity contribution in [3.8, 4) is 11.5 Å². The average Bonchev–Trinajstić information content (AvgIpc) is 3.10. The van der Waals surface area contributed by atoms with Crippen LogP contribution in [0.1, 0.15) is 56.8 Å². The molecule has 0 amide bonds. The van der Waals surface area contributed by atoms with Crippen molar-refractivity contribution in [2.45, 2.75) is 68.8 Å². The van der Waals surface area contributed by atoms with Crippen LogP contribution < -0.4 is 5.73 Å². The lowest BCUT2D eigenvalue weighted by Crippen LogP contribution is -2.44. The van der Waals surface area contributed by atoms with Gasteiger partial charge in [-0.05, 0) is 63.6 Å². The number of piperidine rings is 1. The van der Waals surface area contributed by atoms with E-state index in [1.54, 1.807) is 22.5 Å². The normalized spacial score (nSPS) is 23.1. The number of nitrogens with zero attached hydrogens (tertiary/aromatic N) is 3. The Balaban J connectivity index is 1.70. The molecule has 1 atom stereocenters. The van der Waals surface area contributed by atoms with Gasteiger partial charge >= 0.3 is 0 Å². The van der Waals surface area contributed by atoms with Crippen LogP contribution >= 0.6 is 0 Å². The van der Waals surface area contributed by atoms with Crippen LogP contribution in [0, 0.1) is 6.92 Å². The Morgan fingerprint density at radius 2 is 2.04 bits per heavy atom. The minimum Gasteiger partial charge on any atom is -0.334 e. The highest BCUT2D eigenvalue weighted by Crippen LogP contribution is 2.38. The monoisotopic (exact) mass is 390 g/mol. The number of benzene rings is 1. The summed E-state index contributed by atoms with van der Waals surface area (Å²) < 4.78 is 33.3. The van der Waals surface area contributed by atoms with Gasteiger partial charge in [-0.15, -0.1) is 0 Å². The lowest BCUT2D eigenvalue weighted by atomic mass is 9.77. The van der Waals surface area contributed by atoms with E-state index in [4.69, 9.17) is 10.3 Å². The van der Waals surface area contributed by atoms with E-state index >= 15 is 0 Å². The van der Waals surface area contributed by atoms with Gasteiger partial charge in [0, 0.05) is 18.2 Å². The van der Waals surface area contributed by atoms with Crippen LogP contribution in [0.5, 0.6) is 0 Å². The fourth-order valence-electron chi connectivity index (χ4n) is 3.87. The van der Waals surface area contributed by atoms with Crippen molar-refractivity contribution in [1.82, 2.24) is 14.4 Å². The maximum atomic E-state index is 13.2. The smallest absolute Gasteiger partial charge is 0.258 e. The molecule has 0 spiro atoms. The Hall–Kier alpha value is -1.77. The molecule has 0 radical (unpaired) electrons. The molecule has 1 aliphatic heterocycles. The minimum atomic E-state index is -3.55. The van der Waals surface area contributed by atoms with E-state index < -0.39 is 15.6 Å². The molecule has 2 heterocycles. The summed E-state index contributed by atoms with van der Waals surface area (Å²) in [5.74, 6) is 0.823. The van der Waals surface area contributed by atoms with Gasteiger partial charge in [-0.1, -0.05) is 17.6 Å². The summed E-state index contributed by atoms with van der Waals surface area (Å²) in [5.41, 5.74) is 7.29. The Kier molecular flexibility index (Phi) is 4.60. The molecule has 1 aromatic heterocycles. The van der Waals surface area contributed by atoms with Crippen LogP contribution in [0.15, 0.2) is 27.6 Å². The number of rotatable bonds is 4. The van der Waals surface area contributed by atoms with Gasteiger partial charge in [-0.25, -0.2) is 8.42 Å². The second-order valence-electron chi connectivity index (χ2n) is 7.87. The van der Waals surface area contributed by atoms with E-state index in [2.05, 4.69) is 10.1 Å². The number of sulfonamides is 1. The third-order valence-electron chi connectivity index (χ3n) is 5.91. The highest BCUT2D eigenvalue weighted by molar-refractivity contribution is 7.89. The molecule has 2 fully saturated rings. The summed E-state index contributed by atoms with van der Waals surface area (Å²) in [6.45, 7) is 4.43. The molecule has 1 unspecified atom stereocenters. The highest BCUT2D eigenvalue weighted by Gasteiger charge is 2.39. The average molecular weight is 391 g/mol. The van der Waals surface area contributed by atoms with Crippen molar-refractivity contribution in [1.29, 1.82) is 0 Å². The lowest BCUT2D eigenvalue weighted by Gasteiger charge is -2.34. The number of nitrogens with two attached hydrogens (primary N) is 1. The van der Waals surface area contributed by atoms with Crippen LogP contribution in [-0.4, -0.2) is 35.5 Å². The van der Waals surface area contributed by atoms with E-state index in [-0.39, 0.29) is 10.9 Å². The molecule has 1 aromatic carbocycles. The number of aromatic nitrogens is 2. The number of hydrogen-bond donors (Lipinski definition) is 1. The predicted octanol–water partition coefficient (Wildman–Crippen LogP) is 2.95. The van der Waals surface area contributed by atoms with Gasteiger partial charge in [0.15, 0.2) is 5.82 Å². The molecule has 2 N–H and O–H groups in total. The first-order valence-electron chi connectivity index (χ1n) is 9.57. The molecular weight excluding hydrogens is 364 g/mol. The van der Waals surface area contributed by atoms with Crippen molar-refractivity contribution in [3.63, 3.8) is 0 Å². The Morgan fingerprint density at radius 3 is 2.70 bits per heavy atom. The summed E-state index contributed by atoms with van der Waals surface area (Å²) in [6.07, 6.45) is 5.59. The number of aryl methyl sites for hydroxylation is 1. The molecule has 8 heteroatoms. The summed E-state index contributed by atoms with van der Waals surface area (Å²) in [4.78, 5) is 4.74. The third-order valence-corrected chi connectivity index (χ3v) is 7.91. The molecular formula is C19H26N4O3S. The van der Waals surface area contributed by atoms with Crippen molar-refractivity contribution in [3.05, 3.63) is 29.6 Å². The van der Waals surface area contributed by atoms with Crippen LogP contribution in [0.3, 0.4) is 0 Å². The van der Waals surface area contributed by atoms with Crippen LogP contribution in [0.2, 0.25) is 0 Å². The minimum absolute atomic E-state index is 0.0132. The Morgan fingerprint density at radius 1 is 1.26 bits per heavy atom. The fourth-order valence-corrected chi connectivity index (χ4v) is 5.60. The van der Waals surface area contributed by atoms with E-state index in [1.165, 1.54) is 0 Å². The topological polar surface area (TPSA) is 102 Å². The second kappa shape index (κ2) is 6.68. The first-order chi connectivity index (χ1) is 12.8.